The molecular weight excluding hydrogens is 262 g/mol. The van der Waals surface area contributed by atoms with Crippen molar-refractivity contribution in [2.45, 2.75) is 69.3 Å². The van der Waals surface area contributed by atoms with Crippen molar-refractivity contribution >= 4 is 14.2 Å². The molecule has 0 aromatic heterocycles. The lowest BCUT2D eigenvalue weighted by atomic mass is 10.0. The molecule has 2 fully saturated rings. The van der Waals surface area contributed by atoms with Crippen molar-refractivity contribution in [2.24, 2.45) is 0 Å². The van der Waals surface area contributed by atoms with Gasteiger partial charge < -0.3 is 19.8 Å². The lowest BCUT2D eigenvalue weighted by molar-refractivity contribution is 0.0652. The number of aliphatic hydroxyl groups is 1. The minimum Gasteiger partial charge on any atom is -0.465 e. The van der Waals surface area contributed by atoms with Crippen LogP contribution < -0.4 is 0 Å². The molecule has 1 amide bonds. The van der Waals surface area contributed by atoms with Crippen LogP contribution in [0.5, 0.6) is 0 Å². The molecule has 5 nitrogen and oxygen atoms in total. The van der Waals surface area contributed by atoms with Crippen LogP contribution in [0.2, 0.25) is 18.1 Å². The second-order valence-electron chi connectivity index (χ2n) is 7.37. The van der Waals surface area contributed by atoms with Crippen LogP contribution >= 0.6 is 0 Å². The number of likely N-dealkylation sites (tertiary alicyclic amines) is 1. The molecule has 1 unspecified atom stereocenters. The quantitative estimate of drug-likeness (QED) is 0.601. The smallest absolute Gasteiger partial charge is 0.407 e. The third-order valence-corrected chi connectivity index (χ3v) is 11.0. The van der Waals surface area contributed by atoms with Gasteiger partial charge in [-0.3, -0.25) is 0 Å². The van der Waals surface area contributed by atoms with Gasteiger partial charge >= 0.3 is 6.09 Å². The van der Waals surface area contributed by atoms with Gasteiger partial charge in [0.15, 0.2) is 0 Å². The first-order valence-corrected chi connectivity index (χ1v) is 9.96. The highest BCUT2D eigenvalue weighted by Crippen LogP contribution is 2.43. The summed E-state index contributed by atoms with van der Waals surface area (Å²) in [7, 11) is -2.00. The second-order valence-corrected chi connectivity index (χ2v) is 12.9. The topological polar surface area (TPSA) is 73.3 Å². The zero-order valence-electron chi connectivity index (χ0n) is 12.4. The average Bonchev–Trinajstić information content (AvgIpc) is 3.02. The van der Waals surface area contributed by atoms with E-state index < -0.39 is 19.9 Å². The highest BCUT2D eigenvalue weighted by atomic mass is 28.3. The van der Waals surface area contributed by atoms with E-state index in [0.717, 1.165) is 0 Å². The van der Waals surface area contributed by atoms with Crippen LogP contribution in [0.25, 0.3) is 0 Å². The van der Waals surface area contributed by atoms with E-state index in [-0.39, 0.29) is 23.3 Å². The number of fused-ring (bicyclic) bond motifs is 1. The predicted molar refractivity (Wildman–Crippen MR) is 75.0 cm³/mol. The van der Waals surface area contributed by atoms with Gasteiger partial charge in [0.05, 0.1) is 32.5 Å². The van der Waals surface area contributed by atoms with Crippen molar-refractivity contribution in [1.29, 1.82) is 0 Å². The fourth-order valence-electron chi connectivity index (χ4n) is 2.69. The van der Waals surface area contributed by atoms with E-state index in [4.69, 9.17) is 4.74 Å². The number of hydrogen-bond donors (Lipinski definition) is 2. The summed E-state index contributed by atoms with van der Waals surface area (Å²) in [6.45, 7) is 11.1. The fraction of sp³-hybridized carbons (Fsp3) is 0.923. The van der Waals surface area contributed by atoms with Gasteiger partial charge in [-0.15, -0.1) is 0 Å². The number of amides is 1. The van der Waals surface area contributed by atoms with Gasteiger partial charge in [-0.2, -0.15) is 0 Å². The maximum Gasteiger partial charge on any atom is 0.407 e. The van der Waals surface area contributed by atoms with Crippen molar-refractivity contribution in [3.05, 3.63) is 0 Å². The van der Waals surface area contributed by atoms with Gasteiger partial charge in [-0.25, -0.2) is 4.79 Å². The minimum absolute atomic E-state index is 0.0256. The van der Waals surface area contributed by atoms with Crippen LogP contribution in [0.4, 0.5) is 4.79 Å². The molecule has 2 aliphatic heterocycles. The number of ether oxygens (including phenoxy) is 1. The average molecular weight is 287 g/mol. The van der Waals surface area contributed by atoms with Gasteiger partial charge in [0.1, 0.15) is 6.10 Å². The number of carbonyl (C=O) groups is 1. The molecule has 2 saturated heterocycles. The molecule has 110 valence electrons. The number of hydrogen-bond acceptors (Lipinski definition) is 3. The van der Waals surface area contributed by atoms with Gasteiger partial charge in [-0.1, -0.05) is 33.9 Å². The van der Waals surface area contributed by atoms with Crippen molar-refractivity contribution in [2.75, 3.05) is 6.54 Å². The van der Waals surface area contributed by atoms with Gasteiger partial charge in [0.2, 0.25) is 0 Å². The number of nitrogens with zero attached hydrogens (tertiary/aromatic N) is 1. The highest BCUT2D eigenvalue weighted by Gasteiger charge is 2.55. The zero-order valence-corrected chi connectivity index (χ0v) is 13.4. The van der Waals surface area contributed by atoms with Gasteiger partial charge in [-0.05, 0) is 11.5 Å². The van der Waals surface area contributed by atoms with Crippen LogP contribution in [0.1, 0.15) is 27.2 Å². The monoisotopic (exact) mass is 287 g/mol. The summed E-state index contributed by atoms with van der Waals surface area (Å²) >= 11 is 0. The number of carboxylic acid groups (broad SMARTS) is 1. The Labute approximate surface area is 115 Å². The first-order valence-electron chi connectivity index (χ1n) is 6.89. The largest absolute Gasteiger partial charge is 0.465 e. The second kappa shape index (κ2) is 4.46. The summed E-state index contributed by atoms with van der Waals surface area (Å²) in [4.78, 5) is 12.8. The van der Waals surface area contributed by atoms with Gasteiger partial charge in [0.25, 0.3) is 0 Å². The Bertz CT molecular complexity index is 379. The lowest BCUT2D eigenvalue weighted by Crippen LogP contribution is -2.62. The Morgan fingerprint density at radius 3 is 2.42 bits per heavy atom. The minimum atomic E-state index is -2.00. The van der Waals surface area contributed by atoms with E-state index in [1.807, 2.05) is 0 Å². The van der Waals surface area contributed by atoms with E-state index in [9.17, 15) is 15.0 Å². The maximum atomic E-state index is 11.4. The first kappa shape index (κ1) is 14.8. The van der Waals surface area contributed by atoms with Crippen LogP contribution in [-0.4, -0.2) is 59.8 Å². The molecular formula is C13H25NO4Si. The normalized spacial score (nSPS) is 32.7. The zero-order chi connectivity index (χ0) is 14.6. The van der Waals surface area contributed by atoms with Crippen LogP contribution in [0, 0.1) is 0 Å². The Morgan fingerprint density at radius 1 is 1.37 bits per heavy atom. The molecule has 0 aliphatic carbocycles. The number of aliphatic hydroxyl groups excluding tert-OH is 1. The third kappa shape index (κ3) is 2.53. The summed E-state index contributed by atoms with van der Waals surface area (Å²) in [5, 5.41) is 20.2. The molecule has 0 saturated carbocycles. The maximum absolute atomic E-state index is 11.4. The molecule has 19 heavy (non-hydrogen) atoms. The molecule has 2 heterocycles. The first-order chi connectivity index (χ1) is 8.55. The number of piperidine rings is 1. The molecule has 0 aromatic carbocycles. The predicted octanol–water partition coefficient (Wildman–Crippen LogP) is 1.91. The standard InChI is InChI=1S/C13H25NO4Si/c1-13(2,3)19(4,5)11(15)8-6-9-10(18-9)7-14(8)12(16)17/h8-11,15H,6-7H2,1-5H3,(H,16,17)/t8-,9-,10+,11?/m0/s1. The molecule has 6 heteroatoms. The van der Waals surface area contributed by atoms with E-state index >= 15 is 0 Å². The van der Waals surface area contributed by atoms with E-state index in [1.54, 1.807) is 0 Å². The van der Waals surface area contributed by atoms with Crippen LogP contribution in [0.15, 0.2) is 0 Å². The molecule has 0 spiro atoms. The SMILES string of the molecule is CC(C)(C)[Si](C)(C)C(O)[C@@H]1C[C@@H]2O[C@@H]2CN1C(=O)O. The Kier molecular flexibility index (Phi) is 3.48. The molecule has 0 radical (unpaired) electrons. The Hall–Kier alpha value is -0.593. The summed E-state index contributed by atoms with van der Waals surface area (Å²) in [5.74, 6) is 0. The number of epoxide rings is 1. The summed E-state index contributed by atoms with van der Waals surface area (Å²) in [6, 6.07) is -0.317. The Morgan fingerprint density at radius 2 is 1.95 bits per heavy atom. The molecule has 2 N–H and O–H groups in total. The lowest BCUT2D eigenvalue weighted by Gasteiger charge is -2.46. The molecule has 0 bridgehead atoms. The van der Waals surface area contributed by atoms with Crippen molar-refractivity contribution in [3.8, 4) is 0 Å². The van der Waals surface area contributed by atoms with Crippen molar-refractivity contribution < 1.29 is 19.7 Å². The van der Waals surface area contributed by atoms with Gasteiger partial charge in [0, 0.05) is 0 Å². The molecule has 2 aliphatic rings. The fourth-order valence-corrected chi connectivity index (χ4v) is 4.85. The van der Waals surface area contributed by atoms with Crippen LogP contribution in [-0.2, 0) is 4.74 Å². The number of rotatable bonds is 2. The van der Waals surface area contributed by atoms with Crippen molar-refractivity contribution in [3.63, 3.8) is 0 Å². The summed E-state index contributed by atoms with van der Waals surface area (Å²) < 4.78 is 5.44. The Balaban J connectivity index is 2.20. The van der Waals surface area contributed by atoms with E-state index in [0.29, 0.717) is 13.0 Å². The van der Waals surface area contributed by atoms with E-state index in [1.165, 1.54) is 4.90 Å². The van der Waals surface area contributed by atoms with Crippen LogP contribution in [0.3, 0.4) is 0 Å². The van der Waals surface area contributed by atoms with E-state index in [2.05, 4.69) is 33.9 Å². The molecule has 2 rings (SSSR count). The summed E-state index contributed by atoms with van der Waals surface area (Å²) in [6.07, 6.45) is -0.110. The molecule has 4 atom stereocenters. The third-order valence-electron chi connectivity index (χ3n) is 5.22. The summed E-state index contributed by atoms with van der Waals surface area (Å²) in [5.41, 5.74) is -0.561. The highest BCUT2D eigenvalue weighted by molar-refractivity contribution is 6.81. The van der Waals surface area contributed by atoms with Crippen molar-refractivity contribution in [1.82, 2.24) is 4.90 Å². The molecule has 0 aromatic rings.